The maximum Gasteiger partial charge on any atom is 0.265 e. The first kappa shape index (κ1) is 21.6. The molecule has 9 heteroatoms. The van der Waals surface area contributed by atoms with E-state index in [0.29, 0.717) is 11.4 Å². The maximum atomic E-state index is 13.5. The predicted octanol–water partition coefficient (Wildman–Crippen LogP) is 6.53. The van der Waals surface area contributed by atoms with Gasteiger partial charge in [-0.3, -0.25) is 4.72 Å². The third-order valence-corrected chi connectivity index (χ3v) is 7.94. The minimum absolute atomic E-state index is 0.00753. The molecule has 0 saturated heterocycles. The molecule has 0 spiro atoms. The zero-order valence-corrected chi connectivity index (χ0v) is 19.9. The van der Waals surface area contributed by atoms with Crippen molar-refractivity contribution in [3.63, 3.8) is 0 Å². The fourth-order valence-electron chi connectivity index (χ4n) is 4.49. The third kappa shape index (κ3) is 3.80. The molecule has 4 aromatic carbocycles. The van der Waals surface area contributed by atoms with Crippen molar-refractivity contribution in [1.29, 1.82) is 0 Å². The summed E-state index contributed by atoms with van der Waals surface area (Å²) in [5.41, 5.74) is 4.08. The van der Waals surface area contributed by atoms with E-state index in [1.54, 1.807) is 6.07 Å². The van der Waals surface area contributed by atoms with E-state index in [-0.39, 0.29) is 21.0 Å². The normalized spacial score (nSPS) is 13.2. The van der Waals surface area contributed by atoms with E-state index in [0.717, 1.165) is 40.4 Å². The number of aromatic nitrogens is 2. The summed E-state index contributed by atoms with van der Waals surface area (Å²) in [5, 5.41) is 13.3. The number of rotatable bonds is 5. The van der Waals surface area contributed by atoms with E-state index in [1.165, 1.54) is 6.07 Å². The number of hydrogen-bond donors (Lipinski definition) is 2. The minimum atomic E-state index is -4.09. The summed E-state index contributed by atoms with van der Waals surface area (Å²) < 4.78 is 34.7. The molecule has 0 atom stereocenters. The predicted molar refractivity (Wildman–Crippen MR) is 139 cm³/mol. The second-order valence-electron chi connectivity index (χ2n) is 8.27. The van der Waals surface area contributed by atoms with Crippen molar-refractivity contribution in [2.24, 2.45) is 0 Å². The average molecular weight is 503 g/mol. The number of halogens is 1. The fourth-order valence-corrected chi connectivity index (χ4v) is 6.28. The monoisotopic (exact) mass is 502 g/mol. The molecule has 6 rings (SSSR count). The Morgan fingerprint density at radius 1 is 0.886 bits per heavy atom. The van der Waals surface area contributed by atoms with Crippen LogP contribution in [0, 0.1) is 0 Å². The van der Waals surface area contributed by atoms with Gasteiger partial charge in [-0.25, -0.2) is 13.0 Å². The van der Waals surface area contributed by atoms with Gasteiger partial charge in [0.2, 0.25) is 0 Å². The number of benzene rings is 4. The Morgan fingerprint density at radius 2 is 1.66 bits per heavy atom. The molecule has 0 saturated carbocycles. The molecule has 1 aliphatic rings. The second-order valence-corrected chi connectivity index (χ2v) is 10.3. The molecule has 0 fully saturated rings. The zero-order chi connectivity index (χ0) is 24.0. The zero-order valence-electron chi connectivity index (χ0n) is 18.3. The lowest BCUT2D eigenvalue weighted by molar-refractivity contribution is 0.315. The van der Waals surface area contributed by atoms with Gasteiger partial charge in [-0.15, -0.1) is 0 Å². The van der Waals surface area contributed by atoms with Crippen molar-refractivity contribution >= 4 is 66.6 Å². The van der Waals surface area contributed by atoms with Crippen LogP contribution in [0.15, 0.2) is 82.3 Å². The Bertz CT molecular complexity index is 1740. The number of hydrogen-bond acceptors (Lipinski definition) is 6. The number of nitrogens with one attached hydrogen (secondary N) is 2. The first-order chi connectivity index (χ1) is 17.0. The summed E-state index contributed by atoms with van der Waals surface area (Å²) in [6.07, 6.45) is 5.66. The Kier molecular flexibility index (Phi) is 5.20. The molecule has 1 heterocycles. The van der Waals surface area contributed by atoms with Crippen LogP contribution in [0.1, 0.15) is 17.5 Å². The largest absolute Gasteiger partial charge is 0.353 e. The van der Waals surface area contributed by atoms with Crippen LogP contribution in [0.4, 0.5) is 17.1 Å². The first-order valence-electron chi connectivity index (χ1n) is 11.0. The van der Waals surface area contributed by atoms with Gasteiger partial charge in [-0.05, 0) is 57.9 Å². The third-order valence-electron chi connectivity index (χ3n) is 6.09. The molecule has 1 aliphatic carbocycles. The highest BCUT2D eigenvalue weighted by Gasteiger charge is 2.28. The van der Waals surface area contributed by atoms with E-state index < -0.39 is 10.0 Å². The number of sulfonamides is 1. The molecule has 35 heavy (non-hydrogen) atoms. The lowest BCUT2D eigenvalue weighted by Crippen LogP contribution is -2.16. The van der Waals surface area contributed by atoms with Crippen LogP contribution in [0.5, 0.6) is 0 Å². The van der Waals surface area contributed by atoms with Gasteiger partial charge in [0.05, 0.1) is 16.4 Å². The standard InChI is InChI=1S/C26H19ClN4O3S/c27-20-15-23(28-21-13-5-9-16-7-1-3-11-18(16)21)24-25(30-34-29-24)26(20)35(32,33)31-22-14-6-10-17-8-2-4-12-19(17)22/h1-3,5-11,13-15,28,31H,4,12H2. The van der Waals surface area contributed by atoms with Gasteiger partial charge in [-0.2, -0.15) is 0 Å². The second kappa shape index (κ2) is 8.41. The summed E-state index contributed by atoms with van der Waals surface area (Å²) >= 11 is 6.56. The number of nitrogens with zero attached hydrogens (tertiary/aromatic N) is 2. The molecule has 0 unspecified atom stereocenters. The summed E-state index contributed by atoms with van der Waals surface area (Å²) in [6.45, 7) is 0. The van der Waals surface area contributed by atoms with E-state index in [1.807, 2.05) is 60.7 Å². The molecule has 0 amide bonds. The number of anilines is 3. The smallest absolute Gasteiger partial charge is 0.265 e. The van der Waals surface area contributed by atoms with Crippen molar-refractivity contribution in [2.45, 2.75) is 17.7 Å². The SMILES string of the molecule is O=S(=O)(Nc1cccc2c1CCC=C2)c1c(Cl)cc(Nc2cccc3ccccc23)c2nonc12. The number of allylic oxidation sites excluding steroid dienone is 1. The van der Waals surface area contributed by atoms with Crippen molar-refractivity contribution in [1.82, 2.24) is 10.3 Å². The van der Waals surface area contributed by atoms with Gasteiger partial charge in [0, 0.05) is 11.1 Å². The Labute approximate surface area is 206 Å². The van der Waals surface area contributed by atoms with E-state index in [9.17, 15) is 8.42 Å². The van der Waals surface area contributed by atoms with E-state index >= 15 is 0 Å². The molecular formula is C26H19ClN4O3S. The summed E-state index contributed by atoms with van der Waals surface area (Å²) in [4.78, 5) is -0.178. The molecule has 1 aromatic heterocycles. The van der Waals surface area contributed by atoms with Crippen LogP contribution in [0.3, 0.4) is 0 Å². The quantitative estimate of drug-likeness (QED) is 0.283. The molecule has 174 valence electrons. The van der Waals surface area contributed by atoms with Gasteiger partial charge in [-0.1, -0.05) is 72.3 Å². The van der Waals surface area contributed by atoms with Gasteiger partial charge in [0.25, 0.3) is 10.0 Å². The molecular weight excluding hydrogens is 484 g/mol. The molecule has 7 nitrogen and oxygen atoms in total. The van der Waals surface area contributed by atoms with Crippen LogP contribution < -0.4 is 10.0 Å². The lowest BCUT2D eigenvalue weighted by Gasteiger charge is -2.18. The van der Waals surface area contributed by atoms with Crippen molar-refractivity contribution in [3.05, 3.63) is 89.0 Å². The Hall–Kier alpha value is -3.88. The van der Waals surface area contributed by atoms with Gasteiger partial charge >= 0.3 is 0 Å². The van der Waals surface area contributed by atoms with Crippen LogP contribution in [-0.2, 0) is 16.4 Å². The highest BCUT2D eigenvalue weighted by Crippen LogP contribution is 2.38. The summed E-state index contributed by atoms with van der Waals surface area (Å²) in [5.74, 6) is 0. The molecule has 0 bridgehead atoms. The first-order valence-corrected chi connectivity index (χ1v) is 12.9. The lowest BCUT2D eigenvalue weighted by atomic mass is 9.96. The summed E-state index contributed by atoms with van der Waals surface area (Å²) in [7, 11) is -4.09. The van der Waals surface area contributed by atoms with E-state index in [2.05, 4.69) is 26.4 Å². The van der Waals surface area contributed by atoms with Crippen LogP contribution in [0.2, 0.25) is 5.02 Å². The Balaban J connectivity index is 1.43. The van der Waals surface area contributed by atoms with Gasteiger partial charge in [0.1, 0.15) is 4.90 Å². The highest BCUT2D eigenvalue weighted by molar-refractivity contribution is 7.93. The van der Waals surface area contributed by atoms with Crippen molar-refractivity contribution in [2.75, 3.05) is 10.0 Å². The highest BCUT2D eigenvalue weighted by atomic mass is 35.5. The topological polar surface area (TPSA) is 97.1 Å². The summed E-state index contributed by atoms with van der Waals surface area (Å²) in [6, 6.07) is 20.9. The molecule has 0 radical (unpaired) electrons. The van der Waals surface area contributed by atoms with Crippen molar-refractivity contribution in [3.8, 4) is 0 Å². The van der Waals surface area contributed by atoms with Gasteiger partial charge < -0.3 is 5.32 Å². The maximum absolute atomic E-state index is 13.5. The van der Waals surface area contributed by atoms with Crippen molar-refractivity contribution < 1.29 is 13.0 Å². The van der Waals surface area contributed by atoms with Gasteiger partial charge in [0.15, 0.2) is 11.0 Å². The van der Waals surface area contributed by atoms with Crippen LogP contribution in [-0.4, -0.2) is 18.7 Å². The average Bonchev–Trinajstić information content (AvgIpc) is 3.34. The molecule has 0 aliphatic heterocycles. The van der Waals surface area contributed by atoms with Crippen LogP contribution >= 0.6 is 11.6 Å². The van der Waals surface area contributed by atoms with Crippen LogP contribution in [0.25, 0.3) is 27.9 Å². The Morgan fingerprint density at radius 3 is 2.57 bits per heavy atom. The number of fused-ring (bicyclic) bond motifs is 3. The molecule has 5 aromatic rings. The van der Waals surface area contributed by atoms with E-state index in [4.69, 9.17) is 16.2 Å². The molecule has 2 N–H and O–H groups in total. The fraction of sp³-hybridized carbons (Fsp3) is 0.0769. The minimum Gasteiger partial charge on any atom is -0.353 e.